The van der Waals surface area contributed by atoms with Crippen molar-refractivity contribution in [1.29, 1.82) is 0 Å². The molecule has 0 aromatic carbocycles. The second kappa shape index (κ2) is 16.8. The second-order valence-electron chi connectivity index (χ2n) is 7.95. The van der Waals surface area contributed by atoms with E-state index < -0.39 is 17.8 Å². The van der Waals surface area contributed by atoms with E-state index in [9.17, 15) is 19.2 Å². The predicted octanol–water partition coefficient (Wildman–Crippen LogP) is 5.01. The van der Waals surface area contributed by atoms with Gasteiger partial charge in [0.05, 0.1) is 6.61 Å². The maximum atomic E-state index is 11.7. The van der Waals surface area contributed by atoms with Gasteiger partial charge in [0.25, 0.3) is 11.8 Å². The van der Waals surface area contributed by atoms with Crippen molar-refractivity contribution in [2.45, 2.75) is 116 Å². The Balaban J connectivity index is 1.79. The van der Waals surface area contributed by atoms with E-state index in [1.54, 1.807) is 0 Å². The van der Waals surface area contributed by atoms with E-state index in [0.29, 0.717) is 18.1 Å². The smallest absolute Gasteiger partial charge is 0.333 e. The van der Waals surface area contributed by atoms with Crippen LogP contribution >= 0.6 is 0 Å². The summed E-state index contributed by atoms with van der Waals surface area (Å²) in [5, 5.41) is 0.617. The Kier molecular flexibility index (Phi) is 14.7. The number of imide groups is 1. The summed E-state index contributed by atoms with van der Waals surface area (Å²) in [5.74, 6) is -1.43. The van der Waals surface area contributed by atoms with Crippen LogP contribution in [0.3, 0.4) is 0 Å². The number of unbranched alkanes of at least 4 members (excludes halogenated alkanes) is 12. The SMILES string of the molecule is CCOC(=O)CCCCCCCCCCCCCCCC(=O)ON1C(=O)CCC1=O. The van der Waals surface area contributed by atoms with E-state index >= 15 is 0 Å². The molecule has 0 unspecified atom stereocenters. The average molecular weight is 426 g/mol. The molecule has 1 aliphatic rings. The first-order chi connectivity index (χ1) is 14.5. The summed E-state index contributed by atoms with van der Waals surface area (Å²) in [6.45, 7) is 2.31. The number of carbonyl (C=O) groups excluding carboxylic acids is 4. The zero-order chi connectivity index (χ0) is 22.0. The van der Waals surface area contributed by atoms with Gasteiger partial charge in [0.15, 0.2) is 0 Å². The fraction of sp³-hybridized carbons (Fsp3) is 0.826. The van der Waals surface area contributed by atoms with Crippen molar-refractivity contribution in [3.05, 3.63) is 0 Å². The molecule has 2 amide bonds. The summed E-state index contributed by atoms with van der Waals surface area (Å²) in [5.41, 5.74) is 0. The van der Waals surface area contributed by atoms with E-state index in [2.05, 4.69) is 0 Å². The van der Waals surface area contributed by atoms with Crippen molar-refractivity contribution in [2.24, 2.45) is 0 Å². The van der Waals surface area contributed by atoms with Crippen molar-refractivity contribution in [3.8, 4) is 0 Å². The molecule has 1 rings (SSSR count). The number of hydroxylamine groups is 2. The molecule has 1 fully saturated rings. The van der Waals surface area contributed by atoms with E-state index in [1.165, 1.54) is 51.4 Å². The minimum Gasteiger partial charge on any atom is -0.466 e. The standard InChI is InChI=1S/C23H39NO6/c1-2-29-22(27)16-14-12-10-8-6-4-3-5-7-9-11-13-15-17-23(28)30-24-20(25)18-19-21(24)26/h2-19H2,1H3. The number of amides is 2. The van der Waals surface area contributed by atoms with Gasteiger partial charge < -0.3 is 9.57 Å². The van der Waals surface area contributed by atoms with Crippen LogP contribution in [0.2, 0.25) is 0 Å². The first-order valence-electron chi connectivity index (χ1n) is 11.8. The van der Waals surface area contributed by atoms with Crippen LogP contribution in [0, 0.1) is 0 Å². The number of rotatable bonds is 18. The lowest BCUT2D eigenvalue weighted by Gasteiger charge is -2.12. The first kappa shape index (κ1) is 26.1. The second-order valence-corrected chi connectivity index (χ2v) is 7.95. The summed E-state index contributed by atoms with van der Waals surface area (Å²) in [6, 6.07) is 0. The molecule has 7 nitrogen and oxygen atoms in total. The Morgan fingerprint density at radius 2 is 1.03 bits per heavy atom. The topological polar surface area (TPSA) is 90.0 Å². The fourth-order valence-electron chi connectivity index (χ4n) is 3.52. The van der Waals surface area contributed by atoms with E-state index in [4.69, 9.17) is 9.57 Å². The molecule has 7 heteroatoms. The molecule has 0 spiro atoms. The predicted molar refractivity (Wildman–Crippen MR) is 113 cm³/mol. The van der Waals surface area contributed by atoms with Gasteiger partial charge in [-0.15, -0.1) is 5.06 Å². The van der Waals surface area contributed by atoms with Crippen molar-refractivity contribution >= 4 is 23.8 Å². The van der Waals surface area contributed by atoms with Crippen LogP contribution in [0.1, 0.15) is 116 Å². The van der Waals surface area contributed by atoms with Crippen molar-refractivity contribution < 1.29 is 28.8 Å². The first-order valence-corrected chi connectivity index (χ1v) is 11.8. The van der Waals surface area contributed by atoms with Gasteiger partial charge >= 0.3 is 11.9 Å². The van der Waals surface area contributed by atoms with Gasteiger partial charge in [-0.2, -0.15) is 0 Å². The Hall–Kier alpha value is -1.92. The van der Waals surface area contributed by atoms with Crippen LogP contribution in [-0.2, 0) is 28.8 Å². The van der Waals surface area contributed by atoms with Crippen molar-refractivity contribution in [1.82, 2.24) is 5.06 Å². The van der Waals surface area contributed by atoms with Gasteiger partial charge in [-0.05, 0) is 19.8 Å². The highest BCUT2D eigenvalue weighted by Gasteiger charge is 2.32. The molecule has 1 aliphatic heterocycles. The van der Waals surface area contributed by atoms with Crippen LogP contribution in [-0.4, -0.2) is 35.4 Å². The Labute approximate surface area is 180 Å². The normalized spacial score (nSPS) is 13.7. The lowest BCUT2D eigenvalue weighted by Crippen LogP contribution is -2.31. The molecular weight excluding hydrogens is 386 g/mol. The maximum Gasteiger partial charge on any atom is 0.333 e. The van der Waals surface area contributed by atoms with Crippen LogP contribution in [0.15, 0.2) is 0 Å². The van der Waals surface area contributed by atoms with Crippen LogP contribution in [0.25, 0.3) is 0 Å². The third-order valence-corrected chi connectivity index (χ3v) is 5.27. The Morgan fingerprint density at radius 3 is 1.43 bits per heavy atom. The minimum atomic E-state index is -0.500. The van der Waals surface area contributed by atoms with Gasteiger partial charge in [-0.25, -0.2) is 4.79 Å². The summed E-state index contributed by atoms with van der Waals surface area (Å²) >= 11 is 0. The van der Waals surface area contributed by atoms with E-state index in [0.717, 1.165) is 32.1 Å². The zero-order valence-electron chi connectivity index (χ0n) is 18.6. The summed E-state index contributed by atoms with van der Waals surface area (Å²) in [7, 11) is 0. The van der Waals surface area contributed by atoms with Crippen molar-refractivity contribution in [2.75, 3.05) is 6.61 Å². The highest BCUT2D eigenvalue weighted by molar-refractivity contribution is 6.01. The molecule has 0 atom stereocenters. The molecule has 1 heterocycles. The molecule has 172 valence electrons. The zero-order valence-corrected chi connectivity index (χ0v) is 18.6. The van der Waals surface area contributed by atoms with E-state index in [-0.39, 0.29) is 25.2 Å². The van der Waals surface area contributed by atoms with Crippen molar-refractivity contribution in [3.63, 3.8) is 0 Å². The number of hydrogen-bond donors (Lipinski definition) is 0. The quantitative estimate of drug-likeness (QED) is 0.174. The van der Waals surface area contributed by atoms with Gasteiger partial charge in [0.2, 0.25) is 0 Å². The fourth-order valence-corrected chi connectivity index (χ4v) is 3.52. The Morgan fingerprint density at radius 1 is 0.667 bits per heavy atom. The monoisotopic (exact) mass is 425 g/mol. The van der Waals surface area contributed by atoms with Crippen LogP contribution in [0.4, 0.5) is 0 Å². The number of ether oxygens (including phenoxy) is 1. The summed E-state index contributed by atoms with van der Waals surface area (Å²) < 4.78 is 4.91. The molecule has 0 N–H and O–H groups in total. The molecule has 0 aromatic heterocycles. The molecule has 0 saturated carbocycles. The highest BCUT2D eigenvalue weighted by atomic mass is 16.7. The van der Waals surface area contributed by atoms with Gasteiger partial charge in [0.1, 0.15) is 0 Å². The summed E-state index contributed by atoms with van der Waals surface area (Å²) in [4.78, 5) is 50.5. The van der Waals surface area contributed by atoms with E-state index in [1.807, 2.05) is 6.92 Å². The van der Waals surface area contributed by atoms with Gasteiger partial charge in [-0.3, -0.25) is 14.4 Å². The highest BCUT2D eigenvalue weighted by Crippen LogP contribution is 2.15. The number of carbonyl (C=O) groups is 4. The molecule has 1 saturated heterocycles. The van der Waals surface area contributed by atoms with Crippen LogP contribution in [0.5, 0.6) is 0 Å². The van der Waals surface area contributed by atoms with Gasteiger partial charge in [0, 0.05) is 25.7 Å². The minimum absolute atomic E-state index is 0.0764. The average Bonchev–Trinajstić information content (AvgIpc) is 3.03. The Bertz CT molecular complexity index is 518. The molecule has 0 radical (unpaired) electrons. The number of hydrogen-bond acceptors (Lipinski definition) is 6. The molecule has 0 aromatic rings. The lowest BCUT2D eigenvalue weighted by molar-refractivity contribution is -0.197. The molecule has 0 aliphatic carbocycles. The molecule has 30 heavy (non-hydrogen) atoms. The van der Waals surface area contributed by atoms with Crippen LogP contribution < -0.4 is 0 Å². The molecular formula is C23H39NO6. The number of nitrogens with zero attached hydrogens (tertiary/aromatic N) is 1. The summed E-state index contributed by atoms with van der Waals surface area (Å²) in [6.07, 6.45) is 15.8. The third kappa shape index (κ3) is 12.6. The number of esters is 1. The maximum absolute atomic E-state index is 11.7. The molecule has 0 bridgehead atoms. The lowest BCUT2D eigenvalue weighted by atomic mass is 10.0. The van der Waals surface area contributed by atoms with Gasteiger partial charge in [-0.1, -0.05) is 70.6 Å². The largest absolute Gasteiger partial charge is 0.466 e. The third-order valence-electron chi connectivity index (χ3n) is 5.27.